The van der Waals surface area contributed by atoms with E-state index < -0.39 is 34.9 Å². The average Bonchev–Trinajstić information content (AvgIpc) is 2.74. The number of allylic oxidation sites excluding steroid dienone is 2. The Morgan fingerprint density at radius 3 is 2.53 bits per heavy atom. The summed E-state index contributed by atoms with van der Waals surface area (Å²) < 4.78 is 26.8. The number of carbonyl (C=O) groups excluding carboxylic acids is 2. The average molecular weight is 423 g/mol. The van der Waals surface area contributed by atoms with Crippen LogP contribution in [0.1, 0.15) is 10.4 Å². The first kappa shape index (κ1) is 21.2. The van der Waals surface area contributed by atoms with Crippen molar-refractivity contribution in [2.45, 2.75) is 12.2 Å². The molecule has 1 aliphatic heterocycles. The smallest absolute Gasteiger partial charge is 0.318 e. The van der Waals surface area contributed by atoms with E-state index in [0.717, 1.165) is 18.2 Å². The molecule has 1 fully saturated rings. The summed E-state index contributed by atoms with van der Waals surface area (Å²) in [7, 11) is 0. The number of nitrogens with zero attached hydrogens (tertiary/aromatic N) is 3. The second kappa shape index (κ2) is 8.86. The van der Waals surface area contributed by atoms with Gasteiger partial charge < -0.3 is 15.1 Å². The largest absolute Gasteiger partial charge is 0.367 e. The predicted octanol–water partition coefficient (Wildman–Crippen LogP) is 1.68. The van der Waals surface area contributed by atoms with Gasteiger partial charge >= 0.3 is 6.03 Å². The SMILES string of the molecule is O=C(NO)c1cc([N+](=O)[O-])ccc1N1CCN(C(=O)NC2C=CC(F)=CC2F)CC1. The highest BCUT2D eigenvalue weighted by atomic mass is 19.1. The number of nitro groups is 1. The van der Waals surface area contributed by atoms with Crippen LogP contribution >= 0.6 is 0 Å². The number of nitrogens with one attached hydrogen (secondary N) is 2. The van der Waals surface area contributed by atoms with Crippen molar-refractivity contribution in [1.82, 2.24) is 15.7 Å². The number of hydroxylamine groups is 1. The van der Waals surface area contributed by atoms with E-state index in [1.807, 2.05) is 0 Å². The Morgan fingerprint density at radius 2 is 1.93 bits per heavy atom. The molecule has 1 aromatic rings. The van der Waals surface area contributed by atoms with Crippen molar-refractivity contribution in [2.75, 3.05) is 31.1 Å². The maximum Gasteiger partial charge on any atom is 0.318 e. The van der Waals surface area contributed by atoms with Crippen molar-refractivity contribution < 1.29 is 28.5 Å². The summed E-state index contributed by atoms with van der Waals surface area (Å²) in [4.78, 5) is 37.8. The molecule has 0 saturated carbocycles. The summed E-state index contributed by atoms with van der Waals surface area (Å²) in [5, 5.41) is 22.4. The lowest BCUT2D eigenvalue weighted by atomic mass is 10.1. The van der Waals surface area contributed by atoms with Crippen LogP contribution < -0.4 is 15.7 Å². The summed E-state index contributed by atoms with van der Waals surface area (Å²) >= 11 is 0. The lowest BCUT2D eigenvalue weighted by Crippen LogP contribution is -2.54. The van der Waals surface area contributed by atoms with E-state index >= 15 is 0 Å². The van der Waals surface area contributed by atoms with E-state index in [9.17, 15) is 28.5 Å². The van der Waals surface area contributed by atoms with Gasteiger partial charge in [0.1, 0.15) is 12.0 Å². The third kappa shape index (κ3) is 4.54. The van der Waals surface area contributed by atoms with Gasteiger partial charge in [-0.1, -0.05) is 6.08 Å². The highest BCUT2D eigenvalue weighted by molar-refractivity contribution is 6.00. The molecule has 2 unspecified atom stereocenters. The zero-order valence-corrected chi connectivity index (χ0v) is 15.6. The topological polar surface area (TPSA) is 128 Å². The van der Waals surface area contributed by atoms with Crippen LogP contribution in [-0.4, -0.2) is 65.4 Å². The number of amides is 3. The van der Waals surface area contributed by atoms with Crippen LogP contribution in [0, 0.1) is 10.1 Å². The summed E-state index contributed by atoms with van der Waals surface area (Å²) in [5.74, 6) is -1.60. The molecule has 1 heterocycles. The third-order valence-corrected chi connectivity index (χ3v) is 4.86. The summed E-state index contributed by atoms with van der Waals surface area (Å²) in [6, 6.07) is 2.22. The van der Waals surface area contributed by atoms with E-state index in [2.05, 4.69) is 5.32 Å². The molecule has 10 nitrogen and oxygen atoms in total. The van der Waals surface area contributed by atoms with Crippen molar-refractivity contribution in [3.05, 3.63) is 57.9 Å². The van der Waals surface area contributed by atoms with Gasteiger partial charge in [-0.15, -0.1) is 0 Å². The molecule has 12 heteroatoms. The van der Waals surface area contributed by atoms with Gasteiger partial charge in [0.2, 0.25) is 0 Å². The lowest BCUT2D eigenvalue weighted by Gasteiger charge is -2.37. The molecular weight excluding hydrogens is 404 g/mol. The molecule has 0 radical (unpaired) electrons. The van der Waals surface area contributed by atoms with Gasteiger partial charge in [-0.3, -0.25) is 20.1 Å². The molecule has 3 rings (SSSR count). The lowest BCUT2D eigenvalue weighted by molar-refractivity contribution is -0.384. The van der Waals surface area contributed by atoms with Crippen LogP contribution in [0.5, 0.6) is 0 Å². The number of hydrogen-bond acceptors (Lipinski definition) is 6. The first-order valence-electron chi connectivity index (χ1n) is 9.03. The fraction of sp³-hybridized carbons (Fsp3) is 0.333. The van der Waals surface area contributed by atoms with E-state index in [4.69, 9.17) is 5.21 Å². The van der Waals surface area contributed by atoms with Crippen molar-refractivity contribution in [1.29, 1.82) is 0 Å². The Kier molecular flexibility index (Phi) is 6.26. The zero-order valence-electron chi connectivity index (χ0n) is 15.6. The predicted molar refractivity (Wildman–Crippen MR) is 102 cm³/mol. The van der Waals surface area contributed by atoms with Crippen molar-refractivity contribution in [2.24, 2.45) is 0 Å². The van der Waals surface area contributed by atoms with Gasteiger partial charge in [0.25, 0.3) is 11.6 Å². The number of urea groups is 1. The number of nitro benzene ring substituents is 1. The van der Waals surface area contributed by atoms with Crippen LogP contribution in [0.4, 0.5) is 25.0 Å². The Labute approximate surface area is 169 Å². The van der Waals surface area contributed by atoms with E-state index in [-0.39, 0.29) is 24.3 Å². The number of alkyl halides is 1. The van der Waals surface area contributed by atoms with Gasteiger partial charge in [0.05, 0.1) is 22.2 Å². The molecule has 1 aliphatic carbocycles. The van der Waals surface area contributed by atoms with E-state index in [0.29, 0.717) is 18.8 Å². The molecule has 3 amide bonds. The molecule has 2 aliphatic rings. The Morgan fingerprint density at radius 1 is 1.23 bits per heavy atom. The maximum absolute atomic E-state index is 13.8. The molecule has 1 saturated heterocycles. The second-order valence-electron chi connectivity index (χ2n) is 6.70. The normalized spacial score (nSPS) is 21.1. The Hall–Kier alpha value is -3.54. The van der Waals surface area contributed by atoms with Crippen molar-refractivity contribution >= 4 is 23.3 Å². The van der Waals surface area contributed by atoms with Gasteiger partial charge in [0.15, 0.2) is 0 Å². The fourth-order valence-corrected chi connectivity index (χ4v) is 3.28. The maximum atomic E-state index is 13.8. The minimum atomic E-state index is -1.67. The highest BCUT2D eigenvalue weighted by Gasteiger charge is 2.28. The number of halogens is 2. The number of non-ortho nitro benzene ring substituents is 1. The van der Waals surface area contributed by atoms with Gasteiger partial charge in [-0.05, 0) is 18.2 Å². The molecule has 2 atom stereocenters. The number of benzene rings is 1. The summed E-state index contributed by atoms with van der Waals surface area (Å²) in [6.07, 6.45) is 1.44. The molecule has 0 bridgehead atoms. The molecule has 1 aromatic carbocycles. The number of hydrogen-bond donors (Lipinski definition) is 3. The highest BCUT2D eigenvalue weighted by Crippen LogP contribution is 2.26. The molecule has 0 spiro atoms. The second-order valence-corrected chi connectivity index (χ2v) is 6.70. The number of carbonyl (C=O) groups is 2. The van der Waals surface area contributed by atoms with E-state index in [1.165, 1.54) is 28.6 Å². The van der Waals surface area contributed by atoms with Crippen LogP contribution in [0.3, 0.4) is 0 Å². The Balaban J connectivity index is 1.65. The van der Waals surface area contributed by atoms with Gasteiger partial charge in [0, 0.05) is 38.3 Å². The van der Waals surface area contributed by atoms with Crippen molar-refractivity contribution in [3.63, 3.8) is 0 Å². The minimum Gasteiger partial charge on any atom is -0.367 e. The van der Waals surface area contributed by atoms with Crippen molar-refractivity contribution in [3.8, 4) is 0 Å². The summed E-state index contributed by atoms with van der Waals surface area (Å²) in [6.45, 7) is 1.07. The van der Waals surface area contributed by atoms with Crippen LogP contribution in [0.25, 0.3) is 0 Å². The van der Waals surface area contributed by atoms with Crippen LogP contribution in [-0.2, 0) is 0 Å². The quantitative estimate of drug-likeness (QED) is 0.384. The standard InChI is InChI=1S/C18H19F2N5O5/c19-11-1-3-15(14(20)9-11)21-18(27)24-7-5-23(6-8-24)16-4-2-12(25(29)30)10-13(16)17(26)22-28/h1-4,9-10,14-15,28H,5-8H2,(H,21,27)(H,22,26). The van der Waals surface area contributed by atoms with Crippen LogP contribution in [0.15, 0.2) is 42.3 Å². The number of anilines is 1. The minimum absolute atomic E-state index is 0.0778. The van der Waals surface area contributed by atoms with E-state index in [1.54, 1.807) is 4.90 Å². The van der Waals surface area contributed by atoms with Crippen LogP contribution in [0.2, 0.25) is 0 Å². The fourth-order valence-electron chi connectivity index (χ4n) is 3.28. The molecule has 3 N–H and O–H groups in total. The first-order valence-corrected chi connectivity index (χ1v) is 9.03. The number of piperazine rings is 1. The zero-order chi connectivity index (χ0) is 21.8. The third-order valence-electron chi connectivity index (χ3n) is 4.86. The van der Waals surface area contributed by atoms with Gasteiger partial charge in [-0.25, -0.2) is 19.1 Å². The number of rotatable bonds is 4. The monoisotopic (exact) mass is 423 g/mol. The molecule has 30 heavy (non-hydrogen) atoms. The molecule has 160 valence electrons. The molecule has 0 aromatic heterocycles. The van der Waals surface area contributed by atoms with Gasteiger partial charge in [-0.2, -0.15) is 0 Å². The Bertz CT molecular complexity index is 914. The summed E-state index contributed by atoms with van der Waals surface area (Å²) in [5.41, 5.74) is 1.46. The molecular formula is C18H19F2N5O5. The first-order chi connectivity index (χ1) is 14.3.